The zero-order valence-corrected chi connectivity index (χ0v) is 12.0. The van der Waals surface area contributed by atoms with Crippen LogP contribution in [0.5, 0.6) is 0 Å². The Morgan fingerprint density at radius 2 is 2.00 bits per heavy atom. The molecular formula is C13H24BrNO. The van der Waals surface area contributed by atoms with Crippen LogP contribution in [0.1, 0.15) is 32.1 Å². The van der Waals surface area contributed by atoms with Crippen LogP contribution in [0.15, 0.2) is 0 Å². The van der Waals surface area contributed by atoms with Gasteiger partial charge in [0.1, 0.15) is 0 Å². The van der Waals surface area contributed by atoms with Crippen LogP contribution in [0, 0.1) is 11.3 Å². The Morgan fingerprint density at radius 3 is 2.50 bits per heavy atom. The van der Waals surface area contributed by atoms with Crippen LogP contribution >= 0.6 is 15.9 Å². The highest BCUT2D eigenvalue weighted by atomic mass is 79.9. The molecule has 2 aliphatic rings. The SMILES string of the molecule is CN(CC1CCC1)CC1(CBr)CCOCC1. The van der Waals surface area contributed by atoms with E-state index in [1.54, 1.807) is 0 Å². The molecule has 1 saturated carbocycles. The fraction of sp³-hybridized carbons (Fsp3) is 1.00. The van der Waals surface area contributed by atoms with E-state index in [0.717, 1.165) is 24.5 Å². The molecule has 2 rings (SSSR count). The molecule has 0 unspecified atom stereocenters. The van der Waals surface area contributed by atoms with Crippen molar-refractivity contribution in [1.29, 1.82) is 0 Å². The van der Waals surface area contributed by atoms with E-state index in [1.807, 2.05) is 0 Å². The minimum absolute atomic E-state index is 0.469. The molecule has 2 fully saturated rings. The van der Waals surface area contributed by atoms with Gasteiger partial charge in [0.05, 0.1) is 0 Å². The summed E-state index contributed by atoms with van der Waals surface area (Å²) in [7, 11) is 2.29. The van der Waals surface area contributed by atoms with Crippen molar-refractivity contribution in [2.75, 3.05) is 38.7 Å². The third-order valence-electron chi connectivity index (χ3n) is 4.24. The Kier molecular flexibility index (Phi) is 4.68. The predicted octanol–water partition coefficient (Wildman–Crippen LogP) is 2.91. The second-order valence-corrected chi connectivity index (χ2v) is 6.30. The van der Waals surface area contributed by atoms with Gasteiger partial charge in [0.2, 0.25) is 0 Å². The molecule has 0 aromatic rings. The lowest BCUT2D eigenvalue weighted by Crippen LogP contribution is -2.43. The first-order chi connectivity index (χ1) is 7.74. The van der Waals surface area contributed by atoms with Gasteiger partial charge in [-0.25, -0.2) is 0 Å². The molecular weight excluding hydrogens is 266 g/mol. The highest BCUT2D eigenvalue weighted by molar-refractivity contribution is 9.09. The number of nitrogens with zero attached hydrogens (tertiary/aromatic N) is 1. The standard InChI is InChI=1S/C13H24BrNO/c1-15(9-12-3-2-4-12)11-13(10-14)5-7-16-8-6-13/h12H,2-11H2,1H3. The summed E-state index contributed by atoms with van der Waals surface area (Å²) < 4.78 is 5.48. The number of rotatable bonds is 5. The average molecular weight is 290 g/mol. The van der Waals surface area contributed by atoms with Crippen molar-refractivity contribution in [2.45, 2.75) is 32.1 Å². The minimum Gasteiger partial charge on any atom is -0.381 e. The summed E-state index contributed by atoms with van der Waals surface area (Å²) in [5.74, 6) is 0.984. The summed E-state index contributed by atoms with van der Waals surface area (Å²) in [6.45, 7) is 4.43. The van der Waals surface area contributed by atoms with Gasteiger partial charge in [0.25, 0.3) is 0 Å². The maximum absolute atomic E-state index is 5.48. The molecule has 0 spiro atoms. The van der Waals surface area contributed by atoms with Crippen molar-refractivity contribution in [2.24, 2.45) is 11.3 Å². The van der Waals surface area contributed by atoms with E-state index < -0.39 is 0 Å². The maximum atomic E-state index is 5.48. The Balaban J connectivity index is 1.79. The lowest BCUT2D eigenvalue weighted by atomic mass is 9.80. The monoisotopic (exact) mass is 289 g/mol. The number of ether oxygens (including phenoxy) is 1. The third kappa shape index (κ3) is 3.21. The molecule has 0 radical (unpaired) electrons. The van der Waals surface area contributed by atoms with Crippen LogP contribution < -0.4 is 0 Å². The van der Waals surface area contributed by atoms with Crippen molar-refractivity contribution in [1.82, 2.24) is 4.90 Å². The zero-order valence-electron chi connectivity index (χ0n) is 10.4. The Hall–Kier alpha value is 0.400. The summed E-state index contributed by atoms with van der Waals surface area (Å²) in [6, 6.07) is 0. The molecule has 94 valence electrons. The van der Waals surface area contributed by atoms with Gasteiger partial charge >= 0.3 is 0 Å². The molecule has 0 aromatic heterocycles. The zero-order chi connectivity index (χ0) is 11.4. The van der Waals surface area contributed by atoms with Gasteiger partial charge in [-0.15, -0.1) is 0 Å². The average Bonchev–Trinajstić information content (AvgIpc) is 2.25. The largest absolute Gasteiger partial charge is 0.381 e. The van der Waals surface area contributed by atoms with Gasteiger partial charge in [0.15, 0.2) is 0 Å². The van der Waals surface area contributed by atoms with Crippen molar-refractivity contribution in [3.63, 3.8) is 0 Å². The lowest BCUT2D eigenvalue weighted by molar-refractivity contribution is 0.00833. The van der Waals surface area contributed by atoms with E-state index >= 15 is 0 Å². The van der Waals surface area contributed by atoms with Gasteiger partial charge in [-0.3, -0.25) is 0 Å². The fourth-order valence-electron chi connectivity index (χ4n) is 2.89. The molecule has 0 bridgehead atoms. The van der Waals surface area contributed by atoms with Crippen molar-refractivity contribution >= 4 is 15.9 Å². The molecule has 1 aliphatic carbocycles. The molecule has 1 saturated heterocycles. The Labute approximate surface area is 108 Å². The summed E-state index contributed by atoms with van der Waals surface area (Å²) in [5.41, 5.74) is 0.469. The molecule has 1 aliphatic heterocycles. The lowest BCUT2D eigenvalue weighted by Gasteiger charge is -2.40. The van der Waals surface area contributed by atoms with Gasteiger partial charge in [-0.1, -0.05) is 22.4 Å². The number of halogens is 1. The number of hydrogen-bond donors (Lipinski definition) is 0. The van der Waals surface area contributed by atoms with Crippen LogP contribution in [0.2, 0.25) is 0 Å². The van der Waals surface area contributed by atoms with Crippen LogP contribution in [-0.4, -0.2) is 43.6 Å². The molecule has 3 heteroatoms. The summed E-state index contributed by atoms with van der Waals surface area (Å²) >= 11 is 3.71. The quantitative estimate of drug-likeness (QED) is 0.722. The first-order valence-corrected chi connectivity index (χ1v) is 7.68. The Bertz CT molecular complexity index is 212. The highest BCUT2D eigenvalue weighted by Crippen LogP contribution is 2.34. The summed E-state index contributed by atoms with van der Waals surface area (Å²) in [6.07, 6.45) is 6.79. The maximum Gasteiger partial charge on any atom is 0.0472 e. The molecule has 16 heavy (non-hydrogen) atoms. The van der Waals surface area contributed by atoms with E-state index in [-0.39, 0.29) is 0 Å². The van der Waals surface area contributed by atoms with Crippen molar-refractivity contribution in [3.05, 3.63) is 0 Å². The third-order valence-corrected chi connectivity index (χ3v) is 5.43. The second kappa shape index (κ2) is 5.83. The van der Waals surface area contributed by atoms with Crippen molar-refractivity contribution in [3.8, 4) is 0 Å². The van der Waals surface area contributed by atoms with Gasteiger partial charge in [-0.2, -0.15) is 0 Å². The van der Waals surface area contributed by atoms with Crippen LogP contribution in [0.4, 0.5) is 0 Å². The normalized spacial score (nSPS) is 25.7. The molecule has 0 aromatic carbocycles. The summed E-state index contributed by atoms with van der Waals surface area (Å²) in [5, 5.41) is 1.12. The minimum atomic E-state index is 0.469. The fourth-order valence-corrected chi connectivity index (χ4v) is 3.63. The van der Waals surface area contributed by atoms with Gasteiger partial charge in [-0.05, 0) is 44.1 Å². The highest BCUT2D eigenvalue weighted by Gasteiger charge is 2.33. The Morgan fingerprint density at radius 1 is 1.31 bits per heavy atom. The number of hydrogen-bond acceptors (Lipinski definition) is 2. The molecule has 0 N–H and O–H groups in total. The van der Waals surface area contributed by atoms with Crippen LogP contribution in [0.3, 0.4) is 0 Å². The van der Waals surface area contributed by atoms with Crippen molar-refractivity contribution < 1.29 is 4.74 Å². The van der Waals surface area contributed by atoms with E-state index in [9.17, 15) is 0 Å². The first-order valence-electron chi connectivity index (χ1n) is 6.56. The number of alkyl halides is 1. The topological polar surface area (TPSA) is 12.5 Å². The van der Waals surface area contributed by atoms with Gasteiger partial charge < -0.3 is 9.64 Å². The molecule has 1 heterocycles. The van der Waals surface area contributed by atoms with E-state index in [0.29, 0.717) is 5.41 Å². The first kappa shape index (κ1) is 12.8. The van der Waals surface area contributed by atoms with Crippen LogP contribution in [0.25, 0.3) is 0 Å². The van der Waals surface area contributed by atoms with Crippen LogP contribution in [-0.2, 0) is 4.74 Å². The second-order valence-electron chi connectivity index (χ2n) is 5.74. The van der Waals surface area contributed by atoms with E-state index in [2.05, 4.69) is 27.9 Å². The smallest absolute Gasteiger partial charge is 0.0472 e. The van der Waals surface area contributed by atoms with E-state index in [1.165, 1.54) is 45.2 Å². The molecule has 0 atom stereocenters. The predicted molar refractivity (Wildman–Crippen MR) is 71.1 cm³/mol. The molecule has 0 amide bonds. The summed E-state index contributed by atoms with van der Waals surface area (Å²) in [4.78, 5) is 2.55. The van der Waals surface area contributed by atoms with Gasteiger partial charge in [0, 0.05) is 31.6 Å². The molecule has 2 nitrogen and oxygen atoms in total. The van der Waals surface area contributed by atoms with E-state index in [4.69, 9.17) is 4.74 Å².